The molecule has 1 heterocycles. The van der Waals surface area contributed by atoms with Crippen molar-refractivity contribution in [2.75, 3.05) is 60.0 Å². The molecule has 1 amide bonds. The molecule has 7 heteroatoms. The highest BCUT2D eigenvalue weighted by Gasteiger charge is 2.40. The summed E-state index contributed by atoms with van der Waals surface area (Å²) in [6.07, 6.45) is 1.16. The fraction of sp³-hybridized carbons (Fsp3) is 0.619. The van der Waals surface area contributed by atoms with Crippen LogP contribution in [0.1, 0.15) is 23.5 Å². The number of methoxy groups -OCH3 is 1. The lowest BCUT2D eigenvalue weighted by Crippen LogP contribution is -2.54. The van der Waals surface area contributed by atoms with Crippen molar-refractivity contribution < 1.29 is 9.53 Å². The molecule has 1 aliphatic carbocycles. The quantitative estimate of drug-likeness (QED) is 0.412. The van der Waals surface area contributed by atoms with Gasteiger partial charge < -0.3 is 20.3 Å². The largest absolute Gasteiger partial charge is 0.383 e. The van der Waals surface area contributed by atoms with Crippen LogP contribution in [0.25, 0.3) is 0 Å². The first kappa shape index (κ1) is 20.6. The molecular weight excluding hydrogens is 354 g/mol. The molecule has 0 bridgehead atoms. The maximum absolute atomic E-state index is 12.0. The summed E-state index contributed by atoms with van der Waals surface area (Å²) in [4.78, 5) is 20.9. The smallest absolute Gasteiger partial charge is 0.234 e. The molecule has 7 nitrogen and oxygen atoms in total. The van der Waals surface area contributed by atoms with E-state index < -0.39 is 0 Å². The second-order valence-corrected chi connectivity index (χ2v) is 7.60. The highest BCUT2D eigenvalue weighted by Crippen LogP contribution is 2.42. The molecule has 2 unspecified atom stereocenters. The van der Waals surface area contributed by atoms with E-state index in [9.17, 15) is 4.79 Å². The number of aryl methyl sites for hydroxylation is 1. The van der Waals surface area contributed by atoms with Gasteiger partial charge in [-0.15, -0.1) is 0 Å². The first-order valence-electron chi connectivity index (χ1n) is 10.1. The second-order valence-electron chi connectivity index (χ2n) is 7.60. The van der Waals surface area contributed by atoms with E-state index in [1.54, 1.807) is 7.11 Å². The number of ether oxygens (including phenoxy) is 1. The summed E-state index contributed by atoms with van der Waals surface area (Å²) >= 11 is 0. The number of guanidine groups is 1. The highest BCUT2D eigenvalue weighted by atomic mass is 16.5. The monoisotopic (exact) mass is 387 g/mol. The number of amides is 1. The molecule has 1 saturated heterocycles. The summed E-state index contributed by atoms with van der Waals surface area (Å²) in [6, 6.07) is 9.10. The Labute approximate surface area is 168 Å². The second kappa shape index (κ2) is 9.89. The van der Waals surface area contributed by atoms with Gasteiger partial charge in [-0.3, -0.25) is 14.7 Å². The van der Waals surface area contributed by atoms with Crippen molar-refractivity contribution in [3.05, 3.63) is 35.4 Å². The lowest BCUT2D eigenvalue weighted by molar-refractivity contribution is -0.122. The summed E-state index contributed by atoms with van der Waals surface area (Å²) < 4.78 is 4.96. The van der Waals surface area contributed by atoms with Gasteiger partial charge in [0.1, 0.15) is 0 Å². The van der Waals surface area contributed by atoms with Crippen LogP contribution in [0.2, 0.25) is 0 Å². The Bertz CT molecular complexity index is 685. The van der Waals surface area contributed by atoms with Gasteiger partial charge in [0.15, 0.2) is 5.96 Å². The van der Waals surface area contributed by atoms with Gasteiger partial charge in [0.05, 0.1) is 13.2 Å². The Balaban J connectivity index is 1.42. The Morgan fingerprint density at radius 1 is 1.25 bits per heavy atom. The number of nitrogens with one attached hydrogen (secondary N) is 2. The van der Waals surface area contributed by atoms with Crippen LogP contribution in [0.15, 0.2) is 29.3 Å². The minimum absolute atomic E-state index is 0.0621. The average Bonchev–Trinajstić information content (AvgIpc) is 3.46. The zero-order chi connectivity index (χ0) is 19.9. The van der Waals surface area contributed by atoms with Crippen LogP contribution in [0, 0.1) is 6.92 Å². The number of hydrogen-bond acceptors (Lipinski definition) is 4. The van der Waals surface area contributed by atoms with Crippen molar-refractivity contribution in [2.24, 2.45) is 4.99 Å². The van der Waals surface area contributed by atoms with Crippen molar-refractivity contribution in [1.29, 1.82) is 0 Å². The number of aliphatic imine (C=N–C) groups is 1. The fourth-order valence-corrected chi connectivity index (χ4v) is 3.83. The molecule has 1 saturated carbocycles. The van der Waals surface area contributed by atoms with E-state index in [2.05, 4.69) is 56.6 Å². The SMILES string of the molecule is CN=C(NC1CC1c1ccccc1C)N1CCN(CC(=O)NCCOC)CC1. The fourth-order valence-electron chi connectivity index (χ4n) is 3.83. The zero-order valence-corrected chi connectivity index (χ0v) is 17.3. The summed E-state index contributed by atoms with van der Waals surface area (Å²) in [7, 11) is 3.49. The van der Waals surface area contributed by atoms with E-state index in [1.807, 2.05) is 7.05 Å². The Morgan fingerprint density at radius 2 is 2.00 bits per heavy atom. The Hall–Kier alpha value is -2.12. The van der Waals surface area contributed by atoms with Gasteiger partial charge in [0.2, 0.25) is 5.91 Å². The van der Waals surface area contributed by atoms with Gasteiger partial charge in [-0.1, -0.05) is 24.3 Å². The summed E-state index contributed by atoms with van der Waals surface area (Å²) in [6.45, 7) is 7.24. The van der Waals surface area contributed by atoms with Crippen molar-refractivity contribution in [1.82, 2.24) is 20.4 Å². The van der Waals surface area contributed by atoms with Gasteiger partial charge in [-0.05, 0) is 24.5 Å². The third kappa shape index (κ3) is 5.45. The first-order valence-corrected chi connectivity index (χ1v) is 10.1. The number of rotatable bonds is 7. The minimum atomic E-state index is 0.0621. The van der Waals surface area contributed by atoms with Gasteiger partial charge in [0, 0.05) is 58.8 Å². The van der Waals surface area contributed by atoms with Crippen molar-refractivity contribution in [3.63, 3.8) is 0 Å². The zero-order valence-electron chi connectivity index (χ0n) is 17.3. The predicted molar refractivity (Wildman–Crippen MR) is 112 cm³/mol. The number of carbonyl (C=O) groups excluding carboxylic acids is 1. The Kier molecular flexibility index (Phi) is 7.28. The van der Waals surface area contributed by atoms with Crippen molar-refractivity contribution in [3.8, 4) is 0 Å². The van der Waals surface area contributed by atoms with Gasteiger partial charge in [0.25, 0.3) is 0 Å². The lowest BCUT2D eigenvalue weighted by Gasteiger charge is -2.36. The maximum Gasteiger partial charge on any atom is 0.234 e. The molecule has 2 N–H and O–H groups in total. The molecular formula is C21H33N5O2. The summed E-state index contributed by atoms with van der Waals surface area (Å²) in [5.74, 6) is 1.62. The first-order chi connectivity index (χ1) is 13.6. The molecule has 2 atom stereocenters. The topological polar surface area (TPSA) is 69.2 Å². The van der Waals surface area contributed by atoms with Gasteiger partial charge in [-0.2, -0.15) is 0 Å². The van der Waals surface area contributed by atoms with E-state index in [0.29, 0.717) is 31.7 Å². The number of hydrogen-bond donors (Lipinski definition) is 2. The van der Waals surface area contributed by atoms with Crippen molar-refractivity contribution >= 4 is 11.9 Å². The molecule has 1 aliphatic heterocycles. The van der Waals surface area contributed by atoms with Crippen LogP contribution in [0.3, 0.4) is 0 Å². The molecule has 28 heavy (non-hydrogen) atoms. The van der Waals surface area contributed by atoms with Crippen molar-refractivity contribution in [2.45, 2.75) is 25.3 Å². The molecule has 0 aromatic heterocycles. The molecule has 0 spiro atoms. The van der Waals surface area contributed by atoms with Crippen LogP contribution in [-0.2, 0) is 9.53 Å². The predicted octanol–water partition coefficient (Wildman–Crippen LogP) is 0.807. The minimum Gasteiger partial charge on any atom is -0.383 e. The van der Waals surface area contributed by atoms with Crippen LogP contribution >= 0.6 is 0 Å². The average molecular weight is 388 g/mol. The van der Waals surface area contributed by atoms with E-state index in [-0.39, 0.29) is 5.91 Å². The van der Waals surface area contributed by atoms with E-state index in [0.717, 1.165) is 38.6 Å². The molecule has 1 aromatic rings. The van der Waals surface area contributed by atoms with Gasteiger partial charge >= 0.3 is 0 Å². The van der Waals surface area contributed by atoms with Crippen LogP contribution in [-0.4, -0.2) is 87.7 Å². The highest BCUT2D eigenvalue weighted by molar-refractivity contribution is 5.81. The van der Waals surface area contributed by atoms with Crippen LogP contribution in [0.5, 0.6) is 0 Å². The summed E-state index contributed by atoms with van der Waals surface area (Å²) in [5, 5.41) is 6.52. The maximum atomic E-state index is 12.0. The Morgan fingerprint density at radius 3 is 2.68 bits per heavy atom. The van der Waals surface area contributed by atoms with E-state index in [4.69, 9.17) is 4.74 Å². The number of nitrogens with zero attached hydrogens (tertiary/aromatic N) is 3. The molecule has 2 fully saturated rings. The number of benzene rings is 1. The standard InChI is InChI=1S/C21H33N5O2/c1-16-6-4-5-7-17(16)18-14-19(18)24-21(22-2)26-11-9-25(10-12-26)15-20(27)23-8-13-28-3/h4-7,18-19H,8-15H2,1-3H3,(H,22,24)(H,23,27). The number of carbonyl (C=O) groups is 1. The third-order valence-corrected chi connectivity index (χ3v) is 5.57. The summed E-state index contributed by atoms with van der Waals surface area (Å²) in [5.41, 5.74) is 2.81. The third-order valence-electron chi connectivity index (χ3n) is 5.57. The van der Waals surface area contributed by atoms with Crippen LogP contribution in [0.4, 0.5) is 0 Å². The van der Waals surface area contributed by atoms with Crippen LogP contribution < -0.4 is 10.6 Å². The molecule has 0 radical (unpaired) electrons. The molecule has 154 valence electrons. The molecule has 1 aromatic carbocycles. The molecule has 3 rings (SSSR count). The normalized spacial score (nSPS) is 22.8. The number of piperazine rings is 1. The van der Waals surface area contributed by atoms with E-state index >= 15 is 0 Å². The molecule has 2 aliphatic rings. The lowest BCUT2D eigenvalue weighted by atomic mass is 10.0. The van der Waals surface area contributed by atoms with E-state index in [1.165, 1.54) is 11.1 Å². The van der Waals surface area contributed by atoms with Gasteiger partial charge in [-0.25, -0.2) is 0 Å².